The van der Waals surface area contributed by atoms with Crippen LogP contribution in [0, 0.1) is 11.6 Å². The lowest BCUT2D eigenvalue weighted by molar-refractivity contribution is 0.587. The molecule has 0 saturated carbocycles. The lowest BCUT2D eigenvalue weighted by Crippen LogP contribution is -2.15. The third-order valence-electron chi connectivity index (χ3n) is 5.06. The number of nitrogens with one attached hydrogen (secondary N) is 1. The monoisotopic (exact) mass is 454 g/mol. The van der Waals surface area contributed by atoms with Crippen molar-refractivity contribution < 1.29 is 17.2 Å². The molecule has 0 aliphatic heterocycles. The number of halogens is 2. The van der Waals surface area contributed by atoms with Gasteiger partial charge >= 0.3 is 0 Å². The van der Waals surface area contributed by atoms with Crippen molar-refractivity contribution in [1.29, 1.82) is 0 Å². The molecule has 0 aliphatic rings. The summed E-state index contributed by atoms with van der Waals surface area (Å²) in [6.45, 7) is 3.88. The van der Waals surface area contributed by atoms with Gasteiger partial charge in [0.1, 0.15) is 5.82 Å². The number of nitrogens with zero attached hydrogens (tertiary/aromatic N) is 2. The number of hydrogen-bond donors (Lipinski definition) is 2. The van der Waals surface area contributed by atoms with Crippen molar-refractivity contribution in [2.24, 2.45) is 0 Å². The quantitative estimate of drug-likeness (QED) is 0.438. The van der Waals surface area contributed by atoms with Gasteiger partial charge in [-0.15, -0.1) is 0 Å². The van der Waals surface area contributed by atoms with Gasteiger partial charge in [-0.1, -0.05) is 32.0 Å². The van der Waals surface area contributed by atoms with Gasteiger partial charge < -0.3 is 5.73 Å². The Labute approximate surface area is 184 Å². The topological polar surface area (TPSA) is 98.0 Å². The van der Waals surface area contributed by atoms with Crippen LogP contribution in [0.2, 0.25) is 0 Å². The van der Waals surface area contributed by atoms with Crippen LogP contribution < -0.4 is 10.5 Å². The van der Waals surface area contributed by atoms with Gasteiger partial charge in [-0.25, -0.2) is 27.2 Å². The minimum Gasteiger partial charge on any atom is -0.368 e. The molecule has 0 fully saturated rings. The van der Waals surface area contributed by atoms with E-state index in [9.17, 15) is 12.8 Å². The second-order valence-corrected chi connectivity index (χ2v) is 9.30. The maximum Gasteiger partial charge on any atom is 0.261 e. The van der Waals surface area contributed by atoms with E-state index in [0.717, 1.165) is 17.7 Å². The number of sulfonamides is 1. The highest BCUT2D eigenvalue weighted by Crippen LogP contribution is 2.33. The fourth-order valence-electron chi connectivity index (χ4n) is 3.34. The lowest BCUT2D eigenvalue weighted by Gasteiger charge is -2.14. The molecular weight excluding hydrogens is 434 g/mol. The standard InChI is InChI=1S/C23H20F2N4O2S/c1-13(2)14-4-3-5-17(11-14)32(30,31)29-20-9-7-18(24)21(22(20)25)15-6-8-19-16(10-15)12-27-23(26)28-19/h3-13,29H,1-2H3,(H2,26,27,28). The summed E-state index contributed by atoms with van der Waals surface area (Å²) in [5.74, 6) is -1.65. The van der Waals surface area contributed by atoms with Crippen LogP contribution in [0.25, 0.3) is 22.0 Å². The second-order valence-electron chi connectivity index (χ2n) is 7.62. The predicted octanol–water partition coefficient (Wildman–Crippen LogP) is 5.08. The lowest BCUT2D eigenvalue weighted by atomic mass is 10.0. The molecule has 4 aromatic rings. The minimum atomic E-state index is -4.09. The molecule has 0 saturated heterocycles. The van der Waals surface area contributed by atoms with Gasteiger partial charge in [-0.05, 0) is 53.4 Å². The Morgan fingerprint density at radius 1 is 1.03 bits per heavy atom. The van der Waals surface area contributed by atoms with Crippen molar-refractivity contribution in [3.8, 4) is 11.1 Å². The van der Waals surface area contributed by atoms with Gasteiger partial charge in [0.05, 0.1) is 21.7 Å². The summed E-state index contributed by atoms with van der Waals surface area (Å²) in [7, 11) is -4.09. The van der Waals surface area contributed by atoms with Gasteiger partial charge in [0, 0.05) is 11.6 Å². The highest BCUT2D eigenvalue weighted by Gasteiger charge is 2.21. The zero-order valence-corrected chi connectivity index (χ0v) is 18.1. The molecule has 6 nitrogen and oxygen atoms in total. The molecule has 164 valence electrons. The molecule has 0 radical (unpaired) electrons. The van der Waals surface area contributed by atoms with Crippen LogP contribution in [-0.2, 0) is 10.0 Å². The van der Waals surface area contributed by atoms with Crippen molar-refractivity contribution in [2.45, 2.75) is 24.7 Å². The minimum absolute atomic E-state index is 0.00517. The molecule has 9 heteroatoms. The predicted molar refractivity (Wildman–Crippen MR) is 121 cm³/mol. The Balaban J connectivity index is 1.76. The van der Waals surface area contributed by atoms with Crippen LogP contribution in [0.4, 0.5) is 20.4 Å². The van der Waals surface area contributed by atoms with E-state index >= 15 is 4.39 Å². The maximum absolute atomic E-state index is 15.3. The molecule has 0 unspecified atom stereocenters. The van der Waals surface area contributed by atoms with Crippen LogP contribution in [0.3, 0.4) is 0 Å². The van der Waals surface area contributed by atoms with E-state index in [1.165, 1.54) is 30.5 Å². The van der Waals surface area contributed by atoms with E-state index < -0.39 is 21.7 Å². The van der Waals surface area contributed by atoms with Gasteiger partial charge in [0.25, 0.3) is 10.0 Å². The third-order valence-corrected chi connectivity index (χ3v) is 6.42. The Hall–Kier alpha value is -3.59. The number of aromatic nitrogens is 2. The van der Waals surface area contributed by atoms with Gasteiger partial charge in [-0.2, -0.15) is 0 Å². The Bertz CT molecular complexity index is 1440. The number of nitrogen functional groups attached to an aromatic ring is 1. The van der Waals surface area contributed by atoms with Crippen LogP contribution in [0.5, 0.6) is 0 Å². The van der Waals surface area contributed by atoms with Crippen LogP contribution in [0.15, 0.2) is 65.7 Å². The zero-order chi connectivity index (χ0) is 23.0. The molecule has 4 rings (SSSR count). The average Bonchev–Trinajstić information content (AvgIpc) is 2.76. The summed E-state index contributed by atoms with van der Waals surface area (Å²) in [5, 5.41) is 0.534. The highest BCUT2D eigenvalue weighted by atomic mass is 32.2. The number of fused-ring (bicyclic) bond motifs is 1. The molecule has 3 N–H and O–H groups in total. The Kier molecular flexibility index (Phi) is 5.52. The first-order chi connectivity index (χ1) is 15.2. The van der Waals surface area contributed by atoms with Crippen molar-refractivity contribution in [2.75, 3.05) is 10.5 Å². The van der Waals surface area contributed by atoms with Gasteiger partial charge in [0.2, 0.25) is 5.95 Å². The molecule has 1 aromatic heterocycles. The Morgan fingerprint density at radius 2 is 1.81 bits per heavy atom. The van der Waals surface area contributed by atoms with E-state index in [4.69, 9.17) is 5.73 Å². The molecule has 0 spiro atoms. The molecule has 0 aliphatic carbocycles. The van der Waals surface area contributed by atoms with Crippen molar-refractivity contribution in [3.63, 3.8) is 0 Å². The smallest absolute Gasteiger partial charge is 0.261 e. The Morgan fingerprint density at radius 3 is 2.56 bits per heavy atom. The van der Waals surface area contributed by atoms with E-state index in [1.54, 1.807) is 12.1 Å². The molecule has 0 amide bonds. The van der Waals surface area contributed by atoms with Crippen molar-refractivity contribution >= 4 is 32.6 Å². The van der Waals surface area contributed by atoms with Gasteiger partial charge in [0.15, 0.2) is 5.82 Å². The zero-order valence-electron chi connectivity index (χ0n) is 17.3. The first kappa shape index (κ1) is 21.6. The largest absolute Gasteiger partial charge is 0.368 e. The second kappa shape index (κ2) is 8.16. The number of nitrogens with two attached hydrogens (primary N) is 1. The summed E-state index contributed by atoms with van der Waals surface area (Å²) in [6, 6.07) is 13.0. The summed E-state index contributed by atoms with van der Waals surface area (Å²) in [5.41, 5.74) is 6.40. The van der Waals surface area contributed by atoms with E-state index in [1.807, 2.05) is 19.9 Å². The summed E-state index contributed by atoms with van der Waals surface area (Å²) in [4.78, 5) is 7.95. The SMILES string of the molecule is CC(C)c1cccc(S(=O)(=O)Nc2ccc(F)c(-c3ccc4nc(N)ncc4c3)c2F)c1. The van der Waals surface area contributed by atoms with E-state index in [0.29, 0.717) is 10.9 Å². The maximum atomic E-state index is 15.3. The fourth-order valence-corrected chi connectivity index (χ4v) is 4.46. The highest BCUT2D eigenvalue weighted by molar-refractivity contribution is 7.92. The fraction of sp³-hybridized carbons (Fsp3) is 0.130. The average molecular weight is 455 g/mol. The van der Waals surface area contributed by atoms with E-state index in [-0.39, 0.29) is 33.6 Å². The van der Waals surface area contributed by atoms with Crippen LogP contribution in [-0.4, -0.2) is 18.4 Å². The number of benzene rings is 3. The number of rotatable bonds is 5. The van der Waals surface area contributed by atoms with E-state index in [2.05, 4.69) is 14.7 Å². The summed E-state index contributed by atoms with van der Waals surface area (Å²) in [6.07, 6.45) is 1.45. The van der Waals surface area contributed by atoms with Crippen molar-refractivity contribution in [3.05, 3.63) is 78.0 Å². The van der Waals surface area contributed by atoms with Crippen LogP contribution in [0.1, 0.15) is 25.3 Å². The molecule has 0 bridgehead atoms. The molecule has 1 heterocycles. The first-order valence-corrected chi connectivity index (χ1v) is 11.3. The molecular formula is C23H20F2N4O2S. The number of anilines is 2. The normalized spacial score (nSPS) is 11.8. The van der Waals surface area contributed by atoms with Crippen molar-refractivity contribution in [1.82, 2.24) is 9.97 Å². The summed E-state index contributed by atoms with van der Waals surface area (Å²) < 4.78 is 57.9. The molecule has 3 aromatic carbocycles. The van der Waals surface area contributed by atoms with Gasteiger partial charge in [-0.3, -0.25) is 4.72 Å². The molecule has 32 heavy (non-hydrogen) atoms. The number of hydrogen-bond acceptors (Lipinski definition) is 5. The molecule has 0 atom stereocenters. The first-order valence-electron chi connectivity index (χ1n) is 9.79. The third kappa shape index (κ3) is 4.11. The summed E-state index contributed by atoms with van der Waals surface area (Å²) >= 11 is 0. The van der Waals surface area contributed by atoms with Crippen LogP contribution >= 0.6 is 0 Å².